The number of anilines is 2. The highest BCUT2D eigenvalue weighted by Gasteiger charge is 2.23. The van der Waals surface area contributed by atoms with Crippen LogP contribution in [0, 0.1) is 6.92 Å². The topological polar surface area (TPSA) is 66.5 Å². The predicted octanol–water partition coefficient (Wildman–Crippen LogP) is 5.20. The van der Waals surface area contributed by atoms with Gasteiger partial charge in [0.05, 0.1) is 10.6 Å². The maximum atomic E-state index is 13.1. The first kappa shape index (κ1) is 22.6. The van der Waals surface area contributed by atoms with E-state index >= 15 is 0 Å². The largest absolute Gasteiger partial charge is 0.321 e. The van der Waals surface area contributed by atoms with Crippen molar-refractivity contribution in [2.24, 2.45) is 0 Å². The maximum absolute atomic E-state index is 13.1. The van der Waals surface area contributed by atoms with Crippen molar-refractivity contribution < 1.29 is 13.2 Å². The second-order valence-electron chi connectivity index (χ2n) is 7.45. The van der Waals surface area contributed by atoms with E-state index in [2.05, 4.69) is 5.32 Å². The predicted molar refractivity (Wildman–Crippen MR) is 126 cm³/mol. The van der Waals surface area contributed by atoms with Crippen molar-refractivity contribution in [1.82, 2.24) is 0 Å². The molecule has 6 heteroatoms. The van der Waals surface area contributed by atoms with Crippen LogP contribution in [-0.4, -0.2) is 21.4 Å². The highest BCUT2D eigenvalue weighted by atomic mass is 32.2. The highest BCUT2D eigenvalue weighted by molar-refractivity contribution is 7.92. The molecule has 31 heavy (non-hydrogen) atoms. The molecular weight excluding hydrogens is 408 g/mol. The first-order valence-corrected chi connectivity index (χ1v) is 11.8. The third-order valence-electron chi connectivity index (χ3n) is 5.39. The molecule has 0 bridgehead atoms. The van der Waals surface area contributed by atoms with Crippen molar-refractivity contribution >= 4 is 27.3 Å². The van der Waals surface area contributed by atoms with Crippen LogP contribution in [0.5, 0.6) is 0 Å². The zero-order valence-corrected chi connectivity index (χ0v) is 19.2. The summed E-state index contributed by atoms with van der Waals surface area (Å²) in [5, 5.41) is 3.00. The van der Waals surface area contributed by atoms with Gasteiger partial charge in [-0.2, -0.15) is 0 Å². The number of hydrogen-bond donors (Lipinski definition) is 1. The molecule has 0 radical (unpaired) electrons. The minimum atomic E-state index is -3.81. The summed E-state index contributed by atoms with van der Waals surface area (Å²) in [6, 6.07) is 19.4. The Bertz CT molecular complexity index is 1160. The third kappa shape index (κ3) is 4.80. The lowest BCUT2D eigenvalue weighted by molar-refractivity contribution is 0.102. The molecule has 0 aliphatic carbocycles. The Hall–Kier alpha value is -3.12. The Labute approximate surface area is 184 Å². The lowest BCUT2D eigenvalue weighted by Crippen LogP contribution is -2.27. The number of nitrogens with zero attached hydrogens (tertiary/aromatic N) is 1. The number of nitrogens with one attached hydrogen (secondary N) is 1. The van der Waals surface area contributed by atoms with E-state index in [1.807, 2.05) is 51.1 Å². The van der Waals surface area contributed by atoms with Crippen molar-refractivity contribution in [3.63, 3.8) is 0 Å². The van der Waals surface area contributed by atoms with Crippen LogP contribution < -0.4 is 9.62 Å². The quantitative estimate of drug-likeness (QED) is 0.554. The lowest BCUT2D eigenvalue weighted by Gasteiger charge is -2.20. The van der Waals surface area contributed by atoms with E-state index in [0.29, 0.717) is 11.3 Å². The molecule has 162 valence electrons. The molecule has 1 N–H and O–H groups in total. The normalized spacial score (nSPS) is 11.2. The summed E-state index contributed by atoms with van der Waals surface area (Å²) in [6.45, 7) is 6.03. The van der Waals surface area contributed by atoms with Crippen LogP contribution in [0.3, 0.4) is 0 Å². The molecule has 0 aliphatic heterocycles. The van der Waals surface area contributed by atoms with Crippen molar-refractivity contribution in [1.29, 1.82) is 0 Å². The van der Waals surface area contributed by atoms with Gasteiger partial charge in [-0.05, 0) is 61.2 Å². The van der Waals surface area contributed by atoms with Crippen LogP contribution in [0.25, 0.3) is 0 Å². The molecule has 0 unspecified atom stereocenters. The lowest BCUT2D eigenvalue weighted by atomic mass is 10.0. The third-order valence-corrected chi connectivity index (χ3v) is 7.17. The number of rotatable bonds is 7. The standard InChI is InChI=1S/C25H28N2O3S/c1-5-19-9-7-10-20(6-2)24(19)26-25(28)21-11-8-12-23(17-21)31(29,30)27(4)22-15-13-18(3)14-16-22/h7-17H,5-6H2,1-4H3,(H,26,28). The van der Waals surface area contributed by atoms with Gasteiger partial charge in [0.15, 0.2) is 0 Å². The summed E-state index contributed by atoms with van der Waals surface area (Å²) in [7, 11) is -2.29. The van der Waals surface area contributed by atoms with E-state index in [-0.39, 0.29) is 10.8 Å². The molecule has 0 aromatic heterocycles. The van der Waals surface area contributed by atoms with Crippen molar-refractivity contribution in [2.45, 2.75) is 38.5 Å². The molecular formula is C25H28N2O3S. The van der Waals surface area contributed by atoms with E-state index in [0.717, 1.165) is 35.2 Å². The SMILES string of the molecule is CCc1cccc(CC)c1NC(=O)c1cccc(S(=O)(=O)N(C)c2ccc(C)cc2)c1. The summed E-state index contributed by atoms with van der Waals surface area (Å²) in [4.78, 5) is 13.1. The fraction of sp³-hybridized carbons (Fsp3) is 0.240. The summed E-state index contributed by atoms with van der Waals surface area (Å²) in [6.07, 6.45) is 1.58. The fourth-order valence-electron chi connectivity index (χ4n) is 3.44. The van der Waals surface area contributed by atoms with Gasteiger partial charge in [-0.25, -0.2) is 8.42 Å². The van der Waals surface area contributed by atoms with E-state index in [9.17, 15) is 13.2 Å². The average Bonchev–Trinajstić information content (AvgIpc) is 2.79. The number of benzene rings is 3. The van der Waals surface area contributed by atoms with Gasteiger partial charge in [0.1, 0.15) is 0 Å². The second kappa shape index (κ2) is 9.35. The minimum Gasteiger partial charge on any atom is -0.321 e. The molecule has 3 rings (SSSR count). The van der Waals surface area contributed by atoms with E-state index in [4.69, 9.17) is 0 Å². The van der Waals surface area contributed by atoms with Gasteiger partial charge >= 0.3 is 0 Å². The number of sulfonamides is 1. The van der Waals surface area contributed by atoms with Gasteiger partial charge in [0.2, 0.25) is 0 Å². The van der Waals surface area contributed by atoms with Gasteiger partial charge in [0.25, 0.3) is 15.9 Å². The van der Waals surface area contributed by atoms with Crippen molar-refractivity contribution in [2.75, 3.05) is 16.7 Å². The molecule has 3 aromatic carbocycles. The molecule has 1 amide bonds. The van der Waals surface area contributed by atoms with Gasteiger partial charge < -0.3 is 5.32 Å². The number of aryl methyl sites for hydroxylation is 3. The molecule has 0 spiro atoms. The molecule has 5 nitrogen and oxygen atoms in total. The molecule has 0 aliphatic rings. The average molecular weight is 437 g/mol. The smallest absolute Gasteiger partial charge is 0.264 e. The Morgan fingerprint density at radius 2 is 1.48 bits per heavy atom. The van der Waals surface area contributed by atoms with Crippen LogP contribution in [0.15, 0.2) is 71.6 Å². The Morgan fingerprint density at radius 1 is 0.903 bits per heavy atom. The number of hydrogen-bond acceptors (Lipinski definition) is 3. The van der Waals surface area contributed by atoms with Gasteiger partial charge in [-0.3, -0.25) is 9.10 Å². The number of carbonyl (C=O) groups excluding carboxylic acids is 1. The Morgan fingerprint density at radius 3 is 2.06 bits per heavy atom. The molecule has 0 saturated carbocycles. The second-order valence-corrected chi connectivity index (χ2v) is 9.42. The molecule has 0 fully saturated rings. The van der Waals surface area contributed by atoms with Gasteiger partial charge in [-0.1, -0.05) is 55.8 Å². The monoisotopic (exact) mass is 436 g/mol. The summed E-state index contributed by atoms with van der Waals surface area (Å²) < 4.78 is 27.5. The summed E-state index contributed by atoms with van der Waals surface area (Å²) in [5.41, 5.74) is 4.82. The van der Waals surface area contributed by atoms with Crippen LogP contribution in [0.2, 0.25) is 0 Å². The molecule has 0 heterocycles. The van der Waals surface area contributed by atoms with Crippen LogP contribution in [0.4, 0.5) is 11.4 Å². The highest BCUT2D eigenvalue weighted by Crippen LogP contribution is 2.25. The molecule has 0 atom stereocenters. The van der Waals surface area contributed by atoms with E-state index < -0.39 is 10.0 Å². The van der Waals surface area contributed by atoms with E-state index in [1.54, 1.807) is 24.3 Å². The van der Waals surface area contributed by atoms with Crippen LogP contribution >= 0.6 is 0 Å². The number of para-hydroxylation sites is 1. The fourth-order valence-corrected chi connectivity index (χ4v) is 4.68. The maximum Gasteiger partial charge on any atom is 0.264 e. The van der Waals surface area contributed by atoms with Crippen LogP contribution in [-0.2, 0) is 22.9 Å². The molecule has 0 saturated heterocycles. The van der Waals surface area contributed by atoms with Crippen molar-refractivity contribution in [3.05, 3.63) is 89.0 Å². The van der Waals surface area contributed by atoms with E-state index in [1.165, 1.54) is 23.5 Å². The summed E-state index contributed by atoms with van der Waals surface area (Å²) >= 11 is 0. The van der Waals surface area contributed by atoms with Crippen molar-refractivity contribution in [3.8, 4) is 0 Å². The number of carbonyl (C=O) groups is 1. The first-order valence-electron chi connectivity index (χ1n) is 10.4. The zero-order chi connectivity index (χ0) is 22.6. The Kier molecular flexibility index (Phi) is 6.81. The Balaban J connectivity index is 1.91. The zero-order valence-electron chi connectivity index (χ0n) is 18.3. The van der Waals surface area contributed by atoms with Gasteiger partial charge in [0, 0.05) is 18.3 Å². The summed E-state index contributed by atoms with van der Waals surface area (Å²) in [5.74, 6) is -0.328. The molecule has 3 aromatic rings. The minimum absolute atomic E-state index is 0.0720. The van der Waals surface area contributed by atoms with Crippen LogP contribution in [0.1, 0.15) is 40.9 Å². The first-order chi connectivity index (χ1) is 14.8. The van der Waals surface area contributed by atoms with Gasteiger partial charge in [-0.15, -0.1) is 0 Å². The number of amides is 1.